The third kappa shape index (κ3) is 13.2. The molecule has 0 N–H and O–H groups in total. The summed E-state index contributed by atoms with van der Waals surface area (Å²) < 4.78 is 12.7. The smallest absolute Gasteiger partial charge is 0.116 e. The number of nitrogens with zero attached hydrogens (tertiary/aromatic N) is 6. The number of aryl methyl sites for hydroxylation is 2. The molecule has 0 saturated heterocycles. The summed E-state index contributed by atoms with van der Waals surface area (Å²) in [4.78, 5) is 21.2. The Morgan fingerprint density at radius 3 is 1.46 bits per heavy atom. The molecule has 5 heterocycles. The molecule has 0 bridgehead atoms. The van der Waals surface area contributed by atoms with Crippen LogP contribution in [0.15, 0.2) is 72.8 Å². The average molecular weight is 1040 g/mol. The van der Waals surface area contributed by atoms with Crippen molar-refractivity contribution in [2.45, 2.75) is 177 Å². The van der Waals surface area contributed by atoms with Crippen LogP contribution in [0.2, 0.25) is 0 Å². The molecule has 0 amide bonds. The Kier molecular flexibility index (Phi) is 20.5. The Morgan fingerprint density at radius 2 is 0.903 bits per heavy atom. The highest BCUT2D eigenvalue weighted by Crippen LogP contribution is 2.49. The van der Waals surface area contributed by atoms with Crippen molar-refractivity contribution in [2.24, 2.45) is 5.92 Å². The highest BCUT2D eigenvalue weighted by atomic mass is 32.1. The van der Waals surface area contributed by atoms with Crippen LogP contribution in [-0.4, -0.2) is 44.9 Å². The van der Waals surface area contributed by atoms with Crippen molar-refractivity contribution in [3.63, 3.8) is 0 Å². The summed E-state index contributed by atoms with van der Waals surface area (Å²) in [6.45, 7) is 20.5. The van der Waals surface area contributed by atoms with E-state index in [1.54, 1.807) is 0 Å². The fraction of sp³-hybridized carbons (Fsp3) is 0.516. The normalized spacial score (nSPS) is 12.3. The van der Waals surface area contributed by atoms with Gasteiger partial charge >= 0.3 is 0 Å². The zero-order valence-corrected chi connectivity index (χ0v) is 48.1. The van der Waals surface area contributed by atoms with Gasteiger partial charge in [-0.1, -0.05) is 163 Å². The Morgan fingerprint density at radius 1 is 0.431 bits per heavy atom. The summed E-state index contributed by atoms with van der Waals surface area (Å²) in [5.41, 5.74) is 13.2. The van der Waals surface area contributed by atoms with Crippen LogP contribution in [0.1, 0.15) is 175 Å². The first-order valence-electron chi connectivity index (χ1n) is 28.2. The van der Waals surface area contributed by atoms with Gasteiger partial charge in [0.25, 0.3) is 0 Å². The molecular formula is C62H82N6S4. The van der Waals surface area contributed by atoms with Crippen LogP contribution in [0.25, 0.3) is 73.2 Å². The van der Waals surface area contributed by atoms with Gasteiger partial charge in [-0.2, -0.15) is 8.75 Å². The first-order valence-corrected chi connectivity index (χ1v) is 31.4. The maximum atomic E-state index is 5.51. The van der Waals surface area contributed by atoms with Crippen molar-refractivity contribution < 1.29 is 0 Å². The van der Waals surface area contributed by atoms with Gasteiger partial charge in [0.05, 0.1) is 23.1 Å². The van der Waals surface area contributed by atoms with E-state index in [-0.39, 0.29) is 0 Å². The van der Waals surface area contributed by atoms with Crippen LogP contribution in [0, 0.1) is 5.92 Å². The van der Waals surface area contributed by atoms with Gasteiger partial charge < -0.3 is 9.80 Å². The van der Waals surface area contributed by atoms with Crippen LogP contribution >= 0.6 is 45.7 Å². The van der Waals surface area contributed by atoms with E-state index in [0.717, 1.165) is 94.4 Å². The lowest BCUT2D eigenvalue weighted by molar-refractivity contribution is 0.444. The van der Waals surface area contributed by atoms with E-state index < -0.39 is 0 Å². The van der Waals surface area contributed by atoms with Crippen LogP contribution < -0.4 is 9.80 Å². The Balaban J connectivity index is 1.07. The SMILES string of the molecule is CCCCCCCCN(CCCCCCCC)c1ccc(-c2ccc(-c3c4nsnc4c(-c4cc5sc(-c6ccc(N(CCCC)CC(CC)CCCC)cc6)cc5s4)c4nc(CC)c(CC)nc34)s2)cc1. The van der Waals surface area contributed by atoms with E-state index in [1.165, 1.54) is 174 Å². The van der Waals surface area contributed by atoms with E-state index in [0.29, 0.717) is 0 Å². The summed E-state index contributed by atoms with van der Waals surface area (Å²) in [5, 5.41) is 0. The lowest BCUT2D eigenvalue weighted by atomic mass is 9.98. The standard InChI is InChI=1S/C62H82N6S4/c1-8-15-19-21-23-25-39-67(40-26-24-22-20-16-9-2)47-32-28-45(29-33-47)51-36-37-52(69-51)57-59-60(64-50(14-7)49(13-6)63-59)58(62-61(57)65-72-66-62)56-42-55-54(71-56)41-53(70-55)46-30-34-48(35-31-46)68(38-18-11-4)43-44(12-5)27-17-10-3/h28-37,41-42,44H,8-27,38-40,43H2,1-7H3. The van der Waals surface area contributed by atoms with Crippen LogP contribution in [-0.2, 0) is 12.8 Å². The van der Waals surface area contributed by atoms with E-state index in [9.17, 15) is 0 Å². The molecule has 6 nitrogen and oxygen atoms in total. The summed E-state index contributed by atoms with van der Waals surface area (Å²) >= 11 is 6.87. The molecule has 8 rings (SSSR count). The predicted octanol–water partition coefficient (Wildman–Crippen LogP) is 20.1. The van der Waals surface area contributed by atoms with Gasteiger partial charge in [-0.25, -0.2) is 9.97 Å². The van der Waals surface area contributed by atoms with E-state index in [2.05, 4.69) is 131 Å². The summed E-state index contributed by atoms with van der Waals surface area (Å²) in [6.07, 6.45) is 25.2. The molecule has 0 aliphatic rings. The average Bonchev–Trinajstić information content (AvgIpc) is 4.25. The van der Waals surface area contributed by atoms with E-state index in [1.807, 2.05) is 34.0 Å². The summed E-state index contributed by atoms with van der Waals surface area (Å²) in [7, 11) is 0. The number of benzene rings is 3. The Labute approximate surface area is 449 Å². The van der Waals surface area contributed by atoms with Crippen molar-refractivity contribution in [2.75, 3.05) is 36.0 Å². The lowest BCUT2D eigenvalue weighted by Crippen LogP contribution is -2.30. The second kappa shape index (κ2) is 27.4. The molecular weight excluding hydrogens is 957 g/mol. The van der Waals surface area contributed by atoms with Gasteiger partial charge in [0.1, 0.15) is 22.1 Å². The third-order valence-electron chi connectivity index (χ3n) is 14.9. The van der Waals surface area contributed by atoms with Crippen molar-refractivity contribution in [3.05, 3.63) is 84.2 Å². The van der Waals surface area contributed by atoms with Crippen molar-refractivity contribution in [1.29, 1.82) is 0 Å². The van der Waals surface area contributed by atoms with Crippen LogP contribution in [0.4, 0.5) is 11.4 Å². The second-order valence-corrected chi connectivity index (χ2v) is 24.0. The Bertz CT molecular complexity index is 2840. The number of rotatable bonds is 31. The van der Waals surface area contributed by atoms with Gasteiger partial charge in [0, 0.05) is 77.6 Å². The number of hydrogen-bond donors (Lipinski definition) is 0. The number of anilines is 2. The van der Waals surface area contributed by atoms with Gasteiger partial charge in [-0.05, 0) is 104 Å². The molecule has 5 aromatic heterocycles. The molecule has 0 aliphatic carbocycles. The number of aromatic nitrogens is 4. The summed E-state index contributed by atoms with van der Waals surface area (Å²) in [5.74, 6) is 0.746. The molecule has 384 valence electrons. The highest BCUT2D eigenvalue weighted by Gasteiger charge is 2.26. The predicted molar refractivity (Wildman–Crippen MR) is 322 cm³/mol. The van der Waals surface area contributed by atoms with Crippen molar-refractivity contribution >= 4 is 88.6 Å². The molecule has 1 unspecified atom stereocenters. The molecule has 0 fully saturated rings. The minimum atomic E-state index is 0.746. The van der Waals surface area contributed by atoms with Gasteiger partial charge in [0.2, 0.25) is 0 Å². The number of unbranched alkanes of at least 4 members (excludes halogenated alkanes) is 12. The highest BCUT2D eigenvalue weighted by molar-refractivity contribution is 7.31. The monoisotopic (exact) mass is 1040 g/mol. The molecule has 10 heteroatoms. The zero-order valence-electron chi connectivity index (χ0n) is 44.8. The van der Waals surface area contributed by atoms with E-state index >= 15 is 0 Å². The maximum absolute atomic E-state index is 5.51. The van der Waals surface area contributed by atoms with E-state index in [4.69, 9.17) is 18.7 Å². The topological polar surface area (TPSA) is 58.0 Å². The van der Waals surface area contributed by atoms with Gasteiger partial charge in [-0.15, -0.1) is 34.0 Å². The largest absolute Gasteiger partial charge is 0.372 e. The van der Waals surface area contributed by atoms with Crippen molar-refractivity contribution in [1.82, 2.24) is 18.7 Å². The van der Waals surface area contributed by atoms with Crippen molar-refractivity contribution in [3.8, 4) is 41.8 Å². The van der Waals surface area contributed by atoms with Gasteiger partial charge in [0.15, 0.2) is 0 Å². The molecule has 0 aliphatic heterocycles. The number of thiophene rings is 3. The third-order valence-corrected chi connectivity index (χ3v) is 18.9. The molecule has 8 aromatic rings. The number of hydrogen-bond acceptors (Lipinski definition) is 10. The molecule has 0 radical (unpaired) electrons. The second-order valence-electron chi connectivity index (χ2n) is 20.2. The fourth-order valence-electron chi connectivity index (χ4n) is 10.5. The molecule has 3 aromatic carbocycles. The molecule has 1 atom stereocenters. The summed E-state index contributed by atoms with van der Waals surface area (Å²) in [6, 6.07) is 28.2. The number of fused-ring (bicyclic) bond motifs is 3. The zero-order chi connectivity index (χ0) is 50.2. The molecule has 0 spiro atoms. The molecule has 0 saturated carbocycles. The first-order chi connectivity index (χ1) is 35.4. The molecule has 72 heavy (non-hydrogen) atoms. The first kappa shape index (κ1) is 54.1. The van der Waals surface area contributed by atoms with Crippen LogP contribution in [0.5, 0.6) is 0 Å². The maximum Gasteiger partial charge on any atom is 0.116 e. The van der Waals surface area contributed by atoms with Gasteiger partial charge in [-0.3, -0.25) is 0 Å². The lowest BCUT2D eigenvalue weighted by Gasteiger charge is -2.29. The minimum Gasteiger partial charge on any atom is -0.372 e. The quantitative estimate of drug-likeness (QED) is 0.0404. The Hall–Kier alpha value is -4.22. The fourth-order valence-corrected chi connectivity index (χ4v) is 14.5. The minimum absolute atomic E-state index is 0.746. The van der Waals surface area contributed by atoms with Crippen LogP contribution in [0.3, 0.4) is 0 Å².